The predicted molar refractivity (Wildman–Crippen MR) is 135 cm³/mol. The van der Waals surface area contributed by atoms with Crippen molar-refractivity contribution in [2.24, 2.45) is 0 Å². The van der Waals surface area contributed by atoms with Crippen LogP contribution in [0.15, 0.2) is 97.1 Å². The van der Waals surface area contributed by atoms with Gasteiger partial charge in [-0.2, -0.15) is 0 Å². The highest BCUT2D eigenvalue weighted by Gasteiger charge is 2.28. The third kappa shape index (κ3) is 5.91. The number of phenolic OH excluding ortho intramolecular Hbond substituents is 2. The lowest BCUT2D eigenvalue weighted by atomic mass is 9.73. The summed E-state index contributed by atoms with van der Waals surface area (Å²) in [5.41, 5.74) is 3.82. The Morgan fingerprint density at radius 3 is 1.00 bits per heavy atom. The van der Waals surface area contributed by atoms with Gasteiger partial charge < -0.3 is 19.7 Å². The number of rotatable bonds is 7. The third-order valence-corrected chi connectivity index (χ3v) is 5.84. The highest BCUT2D eigenvalue weighted by atomic mass is 16.5. The summed E-state index contributed by atoms with van der Waals surface area (Å²) in [4.78, 5) is 22.8. The van der Waals surface area contributed by atoms with Gasteiger partial charge in [-0.05, 0) is 70.8 Å². The van der Waals surface area contributed by atoms with Crippen LogP contribution in [0.4, 0.5) is 0 Å². The Hall–Kier alpha value is -4.58. The smallest absolute Gasteiger partial charge is 0.308 e. The summed E-state index contributed by atoms with van der Waals surface area (Å²) < 4.78 is 10.4. The van der Waals surface area contributed by atoms with Crippen molar-refractivity contribution in [1.29, 1.82) is 0 Å². The molecule has 6 nitrogen and oxygen atoms in total. The second kappa shape index (κ2) is 10.8. The molecule has 2 atom stereocenters. The molecule has 2 N–H and O–H groups in total. The molecule has 0 aliphatic heterocycles. The molecule has 6 heteroatoms. The van der Waals surface area contributed by atoms with Crippen LogP contribution in [0.2, 0.25) is 0 Å². The minimum Gasteiger partial charge on any atom is -0.508 e. The van der Waals surface area contributed by atoms with Crippen molar-refractivity contribution in [1.82, 2.24) is 0 Å². The molecule has 2 unspecified atom stereocenters. The van der Waals surface area contributed by atoms with Crippen LogP contribution in [0.1, 0.15) is 47.9 Å². The van der Waals surface area contributed by atoms with E-state index < -0.39 is 11.9 Å². The molecule has 4 aromatic rings. The Morgan fingerprint density at radius 1 is 0.500 bits per heavy atom. The Balaban J connectivity index is 1.86. The molecule has 0 saturated carbocycles. The zero-order valence-electron chi connectivity index (χ0n) is 19.9. The van der Waals surface area contributed by atoms with Gasteiger partial charge in [-0.3, -0.25) is 9.59 Å². The third-order valence-electron chi connectivity index (χ3n) is 5.84. The predicted octanol–water partition coefficient (Wildman–Crippen LogP) is 5.91. The quantitative estimate of drug-likeness (QED) is 0.251. The number of esters is 2. The van der Waals surface area contributed by atoms with Crippen LogP contribution in [0.25, 0.3) is 0 Å². The zero-order chi connectivity index (χ0) is 25.7. The van der Waals surface area contributed by atoms with E-state index in [1.165, 1.54) is 13.8 Å². The maximum Gasteiger partial charge on any atom is 0.308 e. The van der Waals surface area contributed by atoms with Gasteiger partial charge in [-0.25, -0.2) is 0 Å². The van der Waals surface area contributed by atoms with E-state index in [9.17, 15) is 19.8 Å². The van der Waals surface area contributed by atoms with E-state index in [1.54, 1.807) is 48.5 Å². The van der Waals surface area contributed by atoms with Crippen LogP contribution in [-0.4, -0.2) is 22.2 Å². The molecule has 4 rings (SSSR count). The van der Waals surface area contributed by atoms with Gasteiger partial charge in [0.25, 0.3) is 0 Å². The fourth-order valence-corrected chi connectivity index (χ4v) is 4.34. The molecular formula is C30H26O6. The number of ether oxygens (including phenoxy) is 2. The van der Waals surface area contributed by atoms with Gasteiger partial charge in [-0.1, -0.05) is 48.5 Å². The van der Waals surface area contributed by atoms with Gasteiger partial charge in [0.15, 0.2) is 0 Å². The van der Waals surface area contributed by atoms with E-state index in [0.717, 1.165) is 22.3 Å². The summed E-state index contributed by atoms with van der Waals surface area (Å²) >= 11 is 0. The van der Waals surface area contributed by atoms with E-state index in [2.05, 4.69) is 0 Å². The van der Waals surface area contributed by atoms with Gasteiger partial charge in [0.1, 0.15) is 23.0 Å². The molecule has 0 fully saturated rings. The monoisotopic (exact) mass is 482 g/mol. The van der Waals surface area contributed by atoms with Crippen molar-refractivity contribution in [2.75, 3.05) is 0 Å². The van der Waals surface area contributed by atoms with Gasteiger partial charge in [0, 0.05) is 25.7 Å². The lowest BCUT2D eigenvalue weighted by Crippen LogP contribution is -2.15. The molecule has 0 heterocycles. The van der Waals surface area contributed by atoms with Crippen LogP contribution in [-0.2, 0) is 9.59 Å². The molecule has 0 aromatic heterocycles. The fourth-order valence-electron chi connectivity index (χ4n) is 4.34. The average Bonchev–Trinajstić information content (AvgIpc) is 2.85. The summed E-state index contributed by atoms with van der Waals surface area (Å²) in [6, 6.07) is 28.7. The molecule has 0 bridgehead atoms. The van der Waals surface area contributed by atoms with Crippen LogP contribution in [0.3, 0.4) is 0 Å². The normalized spacial score (nSPS) is 12.4. The van der Waals surface area contributed by atoms with Crippen molar-refractivity contribution in [3.63, 3.8) is 0 Å². The highest BCUT2D eigenvalue weighted by Crippen LogP contribution is 2.44. The van der Waals surface area contributed by atoms with Crippen molar-refractivity contribution in [3.8, 4) is 23.0 Å². The lowest BCUT2D eigenvalue weighted by Gasteiger charge is -2.30. The van der Waals surface area contributed by atoms with Crippen molar-refractivity contribution in [3.05, 3.63) is 119 Å². The van der Waals surface area contributed by atoms with Crippen molar-refractivity contribution in [2.45, 2.75) is 25.7 Å². The van der Waals surface area contributed by atoms with Gasteiger partial charge in [0.2, 0.25) is 0 Å². The van der Waals surface area contributed by atoms with Crippen LogP contribution in [0.5, 0.6) is 23.0 Å². The first-order valence-corrected chi connectivity index (χ1v) is 11.4. The first-order valence-electron chi connectivity index (χ1n) is 11.4. The summed E-state index contributed by atoms with van der Waals surface area (Å²) in [7, 11) is 0. The number of benzene rings is 4. The lowest BCUT2D eigenvalue weighted by molar-refractivity contribution is -0.132. The largest absolute Gasteiger partial charge is 0.508 e. The average molecular weight is 483 g/mol. The zero-order valence-corrected chi connectivity index (χ0v) is 19.9. The van der Waals surface area contributed by atoms with Gasteiger partial charge in [-0.15, -0.1) is 0 Å². The molecule has 0 spiro atoms. The second-order valence-electron chi connectivity index (χ2n) is 8.46. The number of phenols is 2. The molecule has 36 heavy (non-hydrogen) atoms. The fraction of sp³-hybridized carbons (Fsp3) is 0.133. The maximum atomic E-state index is 11.4. The Bertz CT molecular complexity index is 1220. The molecule has 0 saturated heterocycles. The molecule has 0 radical (unpaired) electrons. The summed E-state index contributed by atoms with van der Waals surface area (Å²) in [6.07, 6.45) is 0. The second-order valence-corrected chi connectivity index (χ2v) is 8.46. The van der Waals surface area contributed by atoms with Gasteiger partial charge >= 0.3 is 11.9 Å². The Labute approximate surface area is 209 Å². The van der Waals surface area contributed by atoms with Crippen LogP contribution in [0, 0.1) is 0 Å². The molecule has 182 valence electrons. The SMILES string of the molecule is CC(=O)Oc1ccc(C(c2ccc(O)cc2)C(c2ccc(O)cc2)c2ccc(OC(C)=O)cc2)cc1. The first kappa shape index (κ1) is 24.5. The minimum absolute atomic E-state index is 0.162. The summed E-state index contributed by atoms with van der Waals surface area (Å²) in [5, 5.41) is 19.8. The van der Waals surface area contributed by atoms with Crippen molar-refractivity contribution >= 4 is 11.9 Å². The molecule has 4 aromatic carbocycles. The maximum absolute atomic E-state index is 11.4. The van der Waals surface area contributed by atoms with Crippen LogP contribution >= 0.6 is 0 Å². The topological polar surface area (TPSA) is 93.1 Å². The van der Waals surface area contributed by atoms with E-state index >= 15 is 0 Å². The highest BCUT2D eigenvalue weighted by molar-refractivity contribution is 5.69. The van der Waals surface area contributed by atoms with Gasteiger partial charge in [0.05, 0.1) is 0 Å². The van der Waals surface area contributed by atoms with Crippen molar-refractivity contribution < 1.29 is 29.3 Å². The number of aromatic hydroxyl groups is 2. The Kier molecular flexibility index (Phi) is 7.35. The number of carbonyl (C=O) groups excluding carboxylic acids is 2. The number of hydrogen-bond acceptors (Lipinski definition) is 6. The van der Waals surface area contributed by atoms with E-state index in [4.69, 9.17) is 9.47 Å². The minimum atomic E-state index is -0.396. The van der Waals surface area contributed by atoms with E-state index in [0.29, 0.717) is 11.5 Å². The van der Waals surface area contributed by atoms with Crippen LogP contribution < -0.4 is 9.47 Å². The van der Waals surface area contributed by atoms with E-state index in [1.807, 2.05) is 48.5 Å². The molecule has 0 aliphatic rings. The standard InChI is InChI=1S/C30H26O6/c1-19(31)35-27-15-7-23(8-16-27)29(21-3-11-25(33)12-4-21)30(22-5-13-26(34)14-6-22)24-9-17-28(18-10-24)36-20(2)32/h3-18,29-30,33-34H,1-2H3. The first-order chi connectivity index (χ1) is 17.3. The number of hydrogen-bond donors (Lipinski definition) is 2. The van der Waals surface area contributed by atoms with E-state index in [-0.39, 0.29) is 23.3 Å². The molecule has 0 amide bonds. The summed E-state index contributed by atoms with van der Waals surface area (Å²) in [6.45, 7) is 2.71. The molecule has 0 aliphatic carbocycles. The summed E-state index contributed by atoms with van der Waals surface area (Å²) in [5.74, 6) is 0.0111. The number of carbonyl (C=O) groups is 2. The molecular weight excluding hydrogens is 456 g/mol. The Morgan fingerprint density at radius 2 is 0.750 bits per heavy atom.